The summed E-state index contributed by atoms with van der Waals surface area (Å²) in [7, 11) is 1.27. The van der Waals surface area contributed by atoms with Gasteiger partial charge in [-0.3, -0.25) is 9.36 Å². The highest BCUT2D eigenvalue weighted by Crippen LogP contribution is 2.26. The number of esters is 1. The molecular weight excluding hydrogens is 482 g/mol. The van der Waals surface area contributed by atoms with Crippen LogP contribution in [0.25, 0.3) is 5.88 Å². The van der Waals surface area contributed by atoms with Crippen LogP contribution >= 0.6 is 0 Å². The molecular formula is C25H33N5O7. The molecule has 0 spiro atoms. The zero-order valence-electron chi connectivity index (χ0n) is 20.7. The zero-order valence-corrected chi connectivity index (χ0v) is 20.7. The lowest BCUT2D eigenvalue weighted by molar-refractivity contribution is -0.145. The lowest BCUT2D eigenvalue weighted by Crippen LogP contribution is -2.44. The number of rotatable bonds is 11. The number of methoxy groups -OCH3 is 1. The van der Waals surface area contributed by atoms with E-state index >= 15 is 0 Å². The van der Waals surface area contributed by atoms with E-state index in [-0.39, 0.29) is 56.0 Å². The Bertz CT molecular complexity index is 1210. The van der Waals surface area contributed by atoms with Crippen LogP contribution in [0.4, 0.5) is 0 Å². The maximum Gasteiger partial charge on any atom is 0.328 e. The minimum atomic E-state index is -0.828. The number of carbonyl (C=O) groups is 2. The average molecular weight is 516 g/mol. The number of carbonyl (C=O) groups excluding carboxylic acids is 2. The first-order chi connectivity index (χ1) is 17.9. The molecule has 1 saturated heterocycles. The highest BCUT2D eigenvalue weighted by Gasteiger charge is 2.28. The number of imidazole rings is 1. The van der Waals surface area contributed by atoms with Gasteiger partial charge in [0.25, 0.3) is 0 Å². The van der Waals surface area contributed by atoms with Crippen LogP contribution in [0.15, 0.2) is 35.6 Å². The van der Waals surface area contributed by atoms with Gasteiger partial charge < -0.3 is 35.0 Å². The topological polar surface area (TPSA) is 159 Å². The van der Waals surface area contributed by atoms with Crippen LogP contribution in [0.5, 0.6) is 5.75 Å². The Hall–Kier alpha value is -3.64. The number of aromatic nitrogens is 2. The monoisotopic (exact) mass is 515 g/mol. The summed E-state index contributed by atoms with van der Waals surface area (Å²) in [4.78, 5) is 35.2. The highest BCUT2D eigenvalue weighted by atomic mass is 16.5. The number of unbranched alkanes of at least 4 members (excludes halogenated alkanes) is 1. The predicted octanol–water partition coefficient (Wildman–Crippen LogP) is -0.154. The molecule has 0 aliphatic carbocycles. The fourth-order valence-electron chi connectivity index (χ4n) is 4.51. The van der Waals surface area contributed by atoms with Crippen molar-refractivity contribution in [3.63, 3.8) is 0 Å². The van der Waals surface area contributed by atoms with Crippen LogP contribution in [0.2, 0.25) is 0 Å². The fraction of sp³-hybridized carbons (Fsp3) is 0.520. The summed E-state index contributed by atoms with van der Waals surface area (Å²) >= 11 is 0. The third-order valence-corrected chi connectivity index (χ3v) is 6.55. The summed E-state index contributed by atoms with van der Waals surface area (Å²) in [6, 6.07) is 5.59. The number of hydrogen-bond acceptors (Lipinski definition) is 10. The summed E-state index contributed by atoms with van der Waals surface area (Å²) in [5.74, 6) is -0.661. The van der Waals surface area contributed by atoms with Gasteiger partial charge in [0.1, 0.15) is 24.7 Å². The van der Waals surface area contributed by atoms with Crippen molar-refractivity contribution in [2.45, 2.75) is 56.9 Å². The molecule has 12 nitrogen and oxygen atoms in total. The predicted molar refractivity (Wildman–Crippen MR) is 130 cm³/mol. The standard InChI is InChI=1S/C25H33N5O7/c1-36-25(35)19(12-16-5-7-17(32)8-6-16)28-20(33)4-2-3-11-29-14-27-23-22(24(29)34)26-15-30(23)21-10-9-18(13-31)37-21/h5-8,15,18-19,21,31-32,34H,2-4,9-14H2,1H3,(H,28,33)/t18-,19?,21+/m0/s1. The lowest BCUT2D eigenvalue weighted by Gasteiger charge is -2.23. The maximum absolute atomic E-state index is 12.5. The van der Waals surface area contributed by atoms with Crippen LogP contribution in [0.1, 0.15) is 43.9 Å². The van der Waals surface area contributed by atoms with Gasteiger partial charge in [0.2, 0.25) is 11.8 Å². The van der Waals surface area contributed by atoms with E-state index in [9.17, 15) is 24.9 Å². The highest BCUT2D eigenvalue weighted by molar-refractivity contribution is 5.84. The van der Waals surface area contributed by atoms with E-state index in [1.54, 1.807) is 27.9 Å². The minimum Gasteiger partial charge on any atom is -0.508 e. The van der Waals surface area contributed by atoms with Crippen molar-refractivity contribution in [3.05, 3.63) is 47.0 Å². The molecule has 4 N–H and O–H groups in total. The first-order valence-corrected chi connectivity index (χ1v) is 12.4. The third kappa shape index (κ3) is 6.38. The molecule has 4 rings (SSSR count). The molecule has 0 bridgehead atoms. The second-order valence-corrected chi connectivity index (χ2v) is 9.15. The molecule has 3 atom stereocenters. The van der Waals surface area contributed by atoms with Gasteiger partial charge in [-0.2, -0.15) is 0 Å². The Kier molecular flexibility index (Phi) is 8.62. The van der Waals surface area contributed by atoms with Crippen LogP contribution < -0.4 is 16.2 Å². The Morgan fingerprint density at radius 1 is 1.22 bits per heavy atom. The number of ether oxygens (including phenoxy) is 2. The van der Waals surface area contributed by atoms with E-state index in [2.05, 4.69) is 15.3 Å². The number of amides is 1. The summed E-state index contributed by atoms with van der Waals surface area (Å²) in [5.41, 5.74) is 1.34. The van der Waals surface area contributed by atoms with Gasteiger partial charge in [0.15, 0.2) is 10.8 Å². The van der Waals surface area contributed by atoms with Gasteiger partial charge in [-0.15, -0.1) is 0 Å². The summed E-state index contributed by atoms with van der Waals surface area (Å²) < 4.78 is 12.4. The number of hydrogen-bond donors (Lipinski definition) is 4. The number of benzene rings is 1. The smallest absolute Gasteiger partial charge is 0.328 e. The SMILES string of the molecule is COC(=O)C(Cc1ccc(O)cc1)NC(=O)CCCCN1CN=c2c(ncn2[C@H]2CC[C@@H](CO)O2)=C1O. The molecule has 3 heterocycles. The second-order valence-electron chi connectivity index (χ2n) is 9.15. The van der Waals surface area contributed by atoms with Crippen LogP contribution in [0.3, 0.4) is 0 Å². The number of aliphatic hydroxyl groups is 2. The van der Waals surface area contributed by atoms with Gasteiger partial charge in [0.05, 0.1) is 26.1 Å². The van der Waals surface area contributed by atoms with Crippen molar-refractivity contribution < 1.29 is 34.4 Å². The van der Waals surface area contributed by atoms with E-state index in [1.165, 1.54) is 19.2 Å². The molecule has 0 radical (unpaired) electrons. The van der Waals surface area contributed by atoms with E-state index < -0.39 is 12.0 Å². The molecule has 1 unspecified atom stereocenters. The van der Waals surface area contributed by atoms with Crippen LogP contribution in [0, 0.1) is 0 Å². The first-order valence-electron chi connectivity index (χ1n) is 12.4. The van der Waals surface area contributed by atoms with Crippen molar-refractivity contribution in [1.29, 1.82) is 0 Å². The van der Waals surface area contributed by atoms with Crippen molar-refractivity contribution in [1.82, 2.24) is 19.8 Å². The van der Waals surface area contributed by atoms with Gasteiger partial charge in [-0.1, -0.05) is 12.1 Å². The number of aliphatic hydroxyl groups excluding tert-OH is 2. The maximum atomic E-state index is 12.5. The number of nitrogens with zero attached hydrogens (tertiary/aromatic N) is 4. The largest absolute Gasteiger partial charge is 0.508 e. The molecule has 2 aliphatic heterocycles. The molecule has 2 aromatic rings. The number of fused-ring (bicyclic) bond motifs is 1. The zero-order chi connectivity index (χ0) is 26.4. The summed E-state index contributed by atoms with van der Waals surface area (Å²) in [6.45, 7) is 0.703. The lowest BCUT2D eigenvalue weighted by atomic mass is 10.1. The summed E-state index contributed by atoms with van der Waals surface area (Å²) in [5, 5.41) is 32.6. The van der Waals surface area contributed by atoms with Gasteiger partial charge >= 0.3 is 5.97 Å². The van der Waals surface area contributed by atoms with E-state index in [1.807, 2.05) is 0 Å². The Labute approximate surface area is 213 Å². The number of phenols is 1. The van der Waals surface area contributed by atoms with Crippen LogP contribution in [-0.4, -0.2) is 80.7 Å². The molecule has 37 heavy (non-hydrogen) atoms. The molecule has 200 valence electrons. The normalized spacial score (nSPS) is 19.7. The molecule has 0 saturated carbocycles. The molecule has 1 amide bonds. The quantitative estimate of drug-likeness (QED) is 0.236. The Morgan fingerprint density at radius 2 is 2.00 bits per heavy atom. The molecule has 1 fully saturated rings. The number of phenolic OH excluding ortho intramolecular Hbond substituents is 1. The van der Waals surface area contributed by atoms with E-state index in [0.29, 0.717) is 30.2 Å². The van der Waals surface area contributed by atoms with Crippen molar-refractivity contribution in [2.75, 3.05) is 26.9 Å². The minimum absolute atomic E-state index is 0.0320. The number of nitrogens with one attached hydrogen (secondary N) is 1. The molecule has 1 aromatic carbocycles. The Balaban J connectivity index is 1.27. The third-order valence-electron chi connectivity index (χ3n) is 6.55. The molecule has 12 heteroatoms. The molecule has 2 aliphatic rings. The Morgan fingerprint density at radius 3 is 2.70 bits per heavy atom. The van der Waals surface area contributed by atoms with E-state index in [4.69, 9.17) is 9.47 Å². The van der Waals surface area contributed by atoms with Gasteiger partial charge in [0, 0.05) is 19.4 Å². The van der Waals surface area contributed by atoms with Crippen LogP contribution in [-0.2, 0) is 25.5 Å². The van der Waals surface area contributed by atoms with Gasteiger partial charge in [-0.05, 0) is 43.4 Å². The van der Waals surface area contributed by atoms with E-state index in [0.717, 1.165) is 18.4 Å². The fourth-order valence-corrected chi connectivity index (χ4v) is 4.51. The second kappa shape index (κ2) is 12.1. The van der Waals surface area contributed by atoms with Crippen molar-refractivity contribution in [2.24, 2.45) is 4.99 Å². The first kappa shape index (κ1) is 26.4. The van der Waals surface area contributed by atoms with Crippen molar-refractivity contribution in [3.8, 4) is 5.75 Å². The molecule has 1 aromatic heterocycles. The summed E-state index contributed by atoms with van der Waals surface area (Å²) in [6.07, 6.45) is 4.24. The van der Waals surface area contributed by atoms with Crippen molar-refractivity contribution >= 4 is 17.8 Å². The van der Waals surface area contributed by atoms with Gasteiger partial charge in [-0.25, -0.2) is 14.8 Å². The number of aromatic hydroxyl groups is 1. The average Bonchev–Trinajstić information content (AvgIpc) is 3.55.